The van der Waals surface area contributed by atoms with Gasteiger partial charge < -0.3 is 16.6 Å². The first-order valence-corrected chi connectivity index (χ1v) is 4.09. The van der Waals surface area contributed by atoms with Crippen molar-refractivity contribution in [2.24, 2.45) is 11.5 Å². The van der Waals surface area contributed by atoms with Gasteiger partial charge in [-0.1, -0.05) is 0 Å². The minimum absolute atomic E-state index is 0.0521. The number of aromatic hydroxyl groups is 1. The zero-order chi connectivity index (χ0) is 11.6. The van der Waals surface area contributed by atoms with Crippen LogP contribution in [0.2, 0.25) is 0 Å². The van der Waals surface area contributed by atoms with E-state index < -0.39 is 29.0 Å². The van der Waals surface area contributed by atoms with Gasteiger partial charge in [0.15, 0.2) is 11.6 Å². The van der Waals surface area contributed by atoms with Crippen molar-refractivity contribution in [1.29, 1.82) is 5.26 Å². The van der Waals surface area contributed by atoms with Crippen LogP contribution in [0.4, 0.5) is 8.78 Å². The van der Waals surface area contributed by atoms with Crippen LogP contribution in [0.3, 0.4) is 0 Å². The monoisotopic (exact) mass is 213 g/mol. The van der Waals surface area contributed by atoms with Gasteiger partial charge in [-0.2, -0.15) is 9.65 Å². The van der Waals surface area contributed by atoms with Gasteiger partial charge in [0.2, 0.25) is 5.82 Å². The molecule has 0 aliphatic heterocycles. The summed E-state index contributed by atoms with van der Waals surface area (Å²) in [5.74, 6) is -3.76. The third-order valence-corrected chi connectivity index (χ3v) is 1.98. The van der Waals surface area contributed by atoms with E-state index in [-0.39, 0.29) is 12.1 Å². The third-order valence-electron chi connectivity index (χ3n) is 1.98. The van der Waals surface area contributed by atoms with Crippen molar-refractivity contribution >= 4 is 0 Å². The molecule has 80 valence electrons. The minimum Gasteiger partial charge on any atom is -0.505 e. The molecule has 0 spiro atoms. The average Bonchev–Trinajstić information content (AvgIpc) is 2.25. The number of rotatable bonds is 2. The Kier molecular flexibility index (Phi) is 3.19. The maximum Gasteiger partial charge on any atom is 0.202 e. The van der Waals surface area contributed by atoms with Crippen molar-refractivity contribution in [3.63, 3.8) is 0 Å². The number of halogens is 2. The highest BCUT2D eigenvalue weighted by atomic mass is 19.2. The number of phenolic OH excluding ortho intramolecular Hbond substituents is 1. The Bertz CT molecular complexity index is 428. The van der Waals surface area contributed by atoms with E-state index in [1.165, 1.54) is 6.07 Å². The van der Waals surface area contributed by atoms with E-state index in [2.05, 4.69) is 0 Å². The van der Waals surface area contributed by atoms with Gasteiger partial charge in [0.1, 0.15) is 6.07 Å². The van der Waals surface area contributed by atoms with Crippen molar-refractivity contribution in [1.82, 2.24) is 0 Å². The molecule has 0 radical (unpaired) electrons. The van der Waals surface area contributed by atoms with Crippen LogP contribution in [-0.2, 0) is 0 Å². The molecule has 0 amide bonds. The maximum absolute atomic E-state index is 13.1. The Balaban J connectivity index is 3.43. The molecular weight excluding hydrogens is 204 g/mol. The molecule has 15 heavy (non-hydrogen) atoms. The first-order valence-electron chi connectivity index (χ1n) is 4.09. The molecule has 0 aliphatic carbocycles. The van der Waals surface area contributed by atoms with E-state index in [9.17, 15) is 13.9 Å². The van der Waals surface area contributed by atoms with Crippen LogP contribution in [-0.4, -0.2) is 11.7 Å². The molecule has 6 heteroatoms. The molecular formula is C9H9F2N3O. The smallest absolute Gasteiger partial charge is 0.202 e. The highest BCUT2D eigenvalue weighted by Gasteiger charge is 2.20. The summed E-state index contributed by atoms with van der Waals surface area (Å²) in [5.41, 5.74) is 10.1. The van der Waals surface area contributed by atoms with Gasteiger partial charge in [0.05, 0.1) is 5.56 Å². The molecule has 0 saturated carbocycles. The van der Waals surface area contributed by atoms with E-state index in [0.717, 1.165) is 6.07 Å². The van der Waals surface area contributed by atoms with E-state index in [1.807, 2.05) is 0 Å². The lowest BCUT2D eigenvalue weighted by molar-refractivity contribution is 0.396. The Morgan fingerprint density at radius 2 is 2.07 bits per heavy atom. The summed E-state index contributed by atoms with van der Waals surface area (Å²) in [7, 11) is 0. The van der Waals surface area contributed by atoms with Crippen LogP contribution < -0.4 is 11.5 Å². The third kappa shape index (κ3) is 1.88. The van der Waals surface area contributed by atoms with Crippen LogP contribution in [0.25, 0.3) is 0 Å². The van der Waals surface area contributed by atoms with Crippen molar-refractivity contribution in [3.8, 4) is 11.8 Å². The molecule has 5 N–H and O–H groups in total. The van der Waals surface area contributed by atoms with E-state index in [4.69, 9.17) is 16.7 Å². The Morgan fingerprint density at radius 3 is 2.53 bits per heavy atom. The molecule has 1 rings (SSSR count). The summed E-state index contributed by atoms with van der Waals surface area (Å²) in [5, 5.41) is 17.7. The molecule has 0 unspecified atom stereocenters. The fourth-order valence-electron chi connectivity index (χ4n) is 1.13. The molecule has 0 aliphatic rings. The lowest BCUT2D eigenvalue weighted by Gasteiger charge is -2.12. The van der Waals surface area contributed by atoms with Crippen molar-refractivity contribution in [2.75, 3.05) is 6.54 Å². The second-order valence-electron chi connectivity index (χ2n) is 2.94. The minimum atomic E-state index is -1.48. The van der Waals surface area contributed by atoms with E-state index in [1.54, 1.807) is 0 Å². The normalized spacial score (nSPS) is 12.2. The summed E-state index contributed by atoms with van der Waals surface area (Å²) in [6.45, 7) is -0.0521. The number of benzene rings is 1. The van der Waals surface area contributed by atoms with Gasteiger partial charge in [0, 0.05) is 18.2 Å². The first-order chi connectivity index (χ1) is 7.02. The Hall–Kier alpha value is -1.71. The molecule has 0 saturated heterocycles. The van der Waals surface area contributed by atoms with E-state index in [0.29, 0.717) is 0 Å². The van der Waals surface area contributed by atoms with Crippen LogP contribution in [0.15, 0.2) is 6.07 Å². The summed E-state index contributed by atoms with van der Waals surface area (Å²) in [6, 6.07) is 1.61. The zero-order valence-electron chi connectivity index (χ0n) is 7.67. The topological polar surface area (TPSA) is 96.1 Å². The highest BCUT2D eigenvalue weighted by molar-refractivity contribution is 5.45. The molecule has 1 aromatic carbocycles. The Morgan fingerprint density at radius 1 is 1.47 bits per heavy atom. The van der Waals surface area contributed by atoms with Gasteiger partial charge in [-0.3, -0.25) is 0 Å². The lowest BCUT2D eigenvalue weighted by atomic mass is 10.0. The number of nitrogens with two attached hydrogens (primary N) is 2. The molecule has 1 aromatic rings. The summed E-state index contributed by atoms with van der Waals surface area (Å²) < 4.78 is 26.0. The van der Waals surface area contributed by atoms with Crippen LogP contribution in [0.1, 0.15) is 17.2 Å². The second-order valence-corrected chi connectivity index (χ2v) is 2.94. The fourth-order valence-corrected chi connectivity index (χ4v) is 1.13. The quantitative estimate of drug-likeness (QED) is 0.666. The van der Waals surface area contributed by atoms with Gasteiger partial charge in [-0.15, -0.1) is 0 Å². The molecule has 0 fully saturated rings. The largest absolute Gasteiger partial charge is 0.505 e. The van der Waals surface area contributed by atoms with Crippen molar-refractivity contribution in [3.05, 3.63) is 28.8 Å². The SMILES string of the molecule is N#Cc1cc([C@H](N)CN)c(O)c(F)c1F. The van der Waals surface area contributed by atoms with Crippen molar-refractivity contribution in [2.45, 2.75) is 6.04 Å². The molecule has 0 aromatic heterocycles. The Labute approximate surface area is 84.7 Å². The van der Waals surface area contributed by atoms with Crippen LogP contribution >= 0.6 is 0 Å². The number of hydrogen-bond donors (Lipinski definition) is 3. The predicted molar refractivity (Wildman–Crippen MR) is 48.7 cm³/mol. The first kappa shape index (κ1) is 11.4. The second kappa shape index (κ2) is 4.21. The van der Waals surface area contributed by atoms with Gasteiger partial charge >= 0.3 is 0 Å². The summed E-state index contributed by atoms with van der Waals surface area (Å²) in [4.78, 5) is 0. The average molecular weight is 213 g/mol. The summed E-state index contributed by atoms with van der Waals surface area (Å²) in [6.07, 6.45) is 0. The maximum atomic E-state index is 13.1. The standard InChI is InChI=1S/C9H9F2N3O/c10-7-4(2-12)1-5(6(14)3-13)9(15)8(7)11/h1,6,15H,3,13-14H2/t6-/m1/s1. The number of nitrogens with zero attached hydrogens (tertiary/aromatic N) is 1. The number of nitriles is 1. The number of hydrogen-bond acceptors (Lipinski definition) is 4. The van der Waals surface area contributed by atoms with Crippen LogP contribution in [0.5, 0.6) is 5.75 Å². The van der Waals surface area contributed by atoms with Gasteiger partial charge in [-0.05, 0) is 6.07 Å². The molecule has 1 atom stereocenters. The molecule has 4 nitrogen and oxygen atoms in total. The lowest BCUT2D eigenvalue weighted by Crippen LogP contribution is -2.21. The predicted octanol–water partition coefficient (Wildman–Crippen LogP) is 0.501. The van der Waals surface area contributed by atoms with E-state index >= 15 is 0 Å². The van der Waals surface area contributed by atoms with Gasteiger partial charge in [0.25, 0.3) is 0 Å². The number of phenols is 1. The van der Waals surface area contributed by atoms with Crippen molar-refractivity contribution < 1.29 is 13.9 Å². The molecule has 0 bridgehead atoms. The van der Waals surface area contributed by atoms with Crippen LogP contribution in [0, 0.1) is 23.0 Å². The fraction of sp³-hybridized carbons (Fsp3) is 0.222. The van der Waals surface area contributed by atoms with Gasteiger partial charge in [-0.25, -0.2) is 4.39 Å². The zero-order valence-corrected chi connectivity index (χ0v) is 7.67. The highest BCUT2D eigenvalue weighted by Crippen LogP contribution is 2.29. The molecule has 0 heterocycles. The summed E-state index contributed by atoms with van der Waals surface area (Å²) >= 11 is 0.